The predicted molar refractivity (Wildman–Crippen MR) is 175 cm³/mol. The second-order valence-electron chi connectivity index (χ2n) is 11.3. The average molecular weight is 636 g/mol. The SMILES string of the molecule is COCCN(Cc1ccccc1-c1ccc2cnc(Nc3ccc(N4CCC(N5CCOCC5)CC4)cc3OC)nn12)S(=O)O. The summed E-state index contributed by atoms with van der Waals surface area (Å²) in [5.41, 5.74) is 5.41. The van der Waals surface area contributed by atoms with Gasteiger partial charge in [-0.05, 0) is 42.7 Å². The van der Waals surface area contributed by atoms with Crippen LogP contribution in [0.1, 0.15) is 18.4 Å². The van der Waals surface area contributed by atoms with Crippen LogP contribution in [0, 0.1) is 0 Å². The van der Waals surface area contributed by atoms with Gasteiger partial charge in [-0.15, -0.1) is 5.10 Å². The maximum Gasteiger partial charge on any atom is 0.245 e. The minimum absolute atomic E-state index is 0.278. The van der Waals surface area contributed by atoms with Crippen molar-refractivity contribution in [2.75, 3.05) is 77.0 Å². The van der Waals surface area contributed by atoms with Crippen molar-refractivity contribution in [3.63, 3.8) is 0 Å². The Hall–Kier alpha value is -3.59. The highest BCUT2D eigenvalue weighted by Crippen LogP contribution is 2.33. The summed E-state index contributed by atoms with van der Waals surface area (Å²) in [4.78, 5) is 9.57. The van der Waals surface area contributed by atoms with E-state index >= 15 is 0 Å². The van der Waals surface area contributed by atoms with Crippen molar-refractivity contribution >= 4 is 34.1 Å². The van der Waals surface area contributed by atoms with Gasteiger partial charge in [0.15, 0.2) is 0 Å². The molecule has 2 aliphatic rings. The Bertz CT molecular complexity index is 1600. The first-order valence-corrected chi connectivity index (χ1v) is 16.4. The average Bonchev–Trinajstić information content (AvgIpc) is 3.50. The van der Waals surface area contributed by atoms with Gasteiger partial charge in [-0.25, -0.2) is 13.7 Å². The van der Waals surface area contributed by atoms with Crippen molar-refractivity contribution in [2.45, 2.75) is 25.4 Å². The topological polar surface area (TPSA) is 117 Å². The summed E-state index contributed by atoms with van der Waals surface area (Å²) in [5.74, 6) is 1.14. The number of ether oxygens (including phenoxy) is 3. The normalized spacial score (nSPS) is 17.2. The van der Waals surface area contributed by atoms with Crippen LogP contribution in [0.2, 0.25) is 0 Å². The molecule has 0 spiro atoms. The number of rotatable bonds is 12. The maximum absolute atomic E-state index is 12.0. The van der Waals surface area contributed by atoms with E-state index in [-0.39, 0.29) is 6.54 Å². The van der Waals surface area contributed by atoms with Gasteiger partial charge in [-0.2, -0.15) is 4.31 Å². The summed E-state index contributed by atoms with van der Waals surface area (Å²) < 4.78 is 41.6. The number of anilines is 3. The maximum atomic E-state index is 12.0. The fourth-order valence-corrected chi connectivity index (χ4v) is 6.68. The molecule has 1 atom stereocenters. The van der Waals surface area contributed by atoms with Gasteiger partial charge in [-0.3, -0.25) is 9.45 Å². The number of nitrogens with zero attached hydrogens (tertiary/aromatic N) is 6. The lowest BCUT2D eigenvalue weighted by Gasteiger charge is -2.40. The molecule has 45 heavy (non-hydrogen) atoms. The van der Waals surface area contributed by atoms with E-state index in [0.29, 0.717) is 25.1 Å². The summed E-state index contributed by atoms with van der Waals surface area (Å²) >= 11 is -2.13. The standard InChI is InChI=1S/C32H41N7O5S/c1-42-18-17-38(45(40)41)23-24-5-3-4-6-28(24)30-10-8-27-22-33-32(35-39(27)30)34-29-9-7-26(21-31(29)43-2)36-13-11-25(12-14-36)37-15-19-44-20-16-37/h3-10,21-22,25H,11-20,23H2,1-2H3,(H,34,35)(H,40,41). The van der Waals surface area contributed by atoms with Gasteiger partial charge in [-0.1, -0.05) is 24.3 Å². The van der Waals surface area contributed by atoms with Crippen LogP contribution in [0.5, 0.6) is 5.75 Å². The summed E-state index contributed by atoms with van der Waals surface area (Å²) in [6, 6.07) is 18.6. The number of methoxy groups -OCH3 is 2. The Morgan fingerprint density at radius 1 is 1.07 bits per heavy atom. The van der Waals surface area contributed by atoms with Gasteiger partial charge in [0.05, 0.1) is 50.0 Å². The van der Waals surface area contributed by atoms with E-state index in [9.17, 15) is 8.76 Å². The lowest BCUT2D eigenvalue weighted by molar-refractivity contribution is 0.0115. The highest BCUT2D eigenvalue weighted by Gasteiger charge is 2.26. The van der Waals surface area contributed by atoms with Crippen molar-refractivity contribution in [2.24, 2.45) is 0 Å². The number of fused-ring (bicyclic) bond motifs is 1. The number of piperidine rings is 1. The van der Waals surface area contributed by atoms with Crippen LogP contribution >= 0.6 is 0 Å². The van der Waals surface area contributed by atoms with Crippen LogP contribution in [-0.2, 0) is 27.3 Å². The number of nitrogens with one attached hydrogen (secondary N) is 1. The minimum Gasteiger partial charge on any atom is -0.494 e. The first-order chi connectivity index (χ1) is 22.0. The molecule has 2 saturated heterocycles. The van der Waals surface area contributed by atoms with E-state index in [1.165, 1.54) is 4.31 Å². The van der Waals surface area contributed by atoms with Crippen molar-refractivity contribution in [1.82, 2.24) is 23.8 Å². The molecule has 2 fully saturated rings. The molecular formula is C32H41N7O5S. The first kappa shape index (κ1) is 31.4. The molecule has 4 aromatic rings. The molecule has 1 unspecified atom stereocenters. The highest BCUT2D eigenvalue weighted by atomic mass is 32.2. The van der Waals surface area contributed by atoms with Crippen LogP contribution in [0.25, 0.3) is 16.8 Å². The Balaban J connectivity index is 1.19. The zero-order valence-corrected chi connectivity index (χ0v) is 26.6. The van der Waals surface area contributed by atoms with Crippen LogP contribution < -0.4 is 15.0 Å². The monoisotopic (exact) mass is 635 g/mol. The molecule has 0 radical (unpaired) electrons. The number of hydrogen-bond donors (Lipinski definition) is 2. The van der Waals surface area contributed by atoms with Gasteiger partial charge >= 0.3 is 0 Å². The molecule has 2 aromatic carbocycles. The van der Waals surface area contributed by atoms with Crippen molar-refractivity contribution < 1.29 is 23.0 Å². The Morgan fingerprint density at radius 2 is 1.87 bits per heavy atom. The number of morpholine rings is 1. The van der Waals surface area contributed by atoms with Crippen molar-refractivity contribution in [1.29, 1.82) is 0 Å². The number of benzene rings is 2. The third kappa shape index (κ3) is 7.29. The third-order valence-electron chi connectivity index (χ3n) is 8.63. The highest BCUT2D eigenvalue weighted by molar-refractivity contribution is 7.76. The largest absolute Gasteiger partial charge is 0.494 e. The molecule has 0 bridgehead atoms. The zero-order valence-electron chi connectivity index (χ0n) is 25.8. The van der Waals surface area contributed by atoms with Gasteiger partial charge in [0.1, 0.15) is 5.75 Å². The van der Waals surface area contributed by atoms with E-state index in [0.717, 1.165) is 91.7 Å². The molecule has 13 heteroatoms. The molecule has 12 nitrogen and oxygen atoms in total. The molecule has 0 amide bonds. The van der Waals surface area contributed by atoms with E-state index in [1.807, 2.05) is 47.0 Å². The second kappa shape index (κ2) is 14.7. The first-order valence-electron chi connectivity index (χ1n) is 15.3. The summed E-state index contributed by atoms with van der Waals surface area (Å²) in [7, 11) is 3.25. The van der Waals surface area contributed by atoms with E-state index in [4.69, 9.17) is 19.3 Å². The van der Waals surface area contributed by atoms with Gasteiger partial charge in [0.2, 0.25) is 17.2 Å². The molecule has 6 rings (SSSR count). The van der Waals surface area contributed by atoms with Crippen LogP contribution in [0.3, 0.4) is 0 Å². The summed E-state index contributed by atoms with van der Waals surface area (Å²) in [5, 5.41) is 8.17. The quantitative estimate of drug-likeness (QED) is 0.221. The Labute approximate surface area is 266 Å². The Morgan fingerprint density at radius 3 is 2.62 bits per heavy atom. The lowest BCUT2D eigenvalue weighted by atomic mass is 10.0. The van der Waals surface area contributed by atoms with Crippen LogP contribution in [-0.4, -0.2) is 105 Å². The van der Waals surface area contributed by atoms with Crippen LogP contribution in [0.15, 0.2) is 60.8 Å². The van der Waals surface area contributed by atoms with Gasteiger partial charge < -0.3 is 24.4 Å². The summed E-state index contributed by atoms with van der Waals surface area (Å²) in [6.45, 7) is 6.70. The van der Waals surface area contributed by atoms with Gasteiger partial charge in [0, 0.05) is 69.7 Å². The predicted octanol–water partition coefficient (Wildman–Crippen LogP) is 4.03. The molecular weight excluding hydrogens is 594 g/mol. The molecule has 0 saturated carbocycles. The third-order valence-corrected chi connectivity index (χ3v) is 9.38. The van der Waals surface area contributed by atoms with Crippen molar-refractivity contribution in [3.8, 4) is 17.0 Å². The van der Waals surface area contributed by atoms with Crippen LogP contribution in [0.4, 0.5) is 17.3 Å². The second-order valence-corrected chi connectivity index (χ2v) is 12.2. The molecule has 4 heterocycles. The number of aromatic nitrogens is 3. The minimum atomic E-state index is -2.13. The fourth-order valence-electron chi connectivity index (χ4n) is 6.20. The van der Waals surface area contributed by atoms with Gasteiger partial charge in [0.25, 0.3) is 0 Å². The van der Waals surface area contributed by atoms with Crippen molar-refractivity contribution in [3.05, 3.63) is 66.4 Å². The number of hydrogen-bond acceptors (Lipinski definition) is 9. The molecule has 2 N–H and O–H groups in total. The Kier molecular flexibility index (Phi) is 10.2. The molecule has 0 aliphatic carbocycles. The smallest absolute Gasteiger partial charge is 0.245 e. The lowest BCUT2D eigenvalue weighted by Crippen LogP contribution is -2.49. The molecule has 240 valence electrons. The fraction of sp³-hybridized carbons (Fsp3) is 0.438. The van der Waals surface area contributed by atoms with E-state index in [2.05, 4.69) is 32.2 Å². The molecule has 2 aromatic heterocycles. The zero-order chi connectivity index (χ0) is 31.2. The molecule has 2 aliphatic heterocycles. The van der Waals surface area contributed by atoms with E-state index < -0.39 is 11.3 Å². The van der Waals surface area contributed by atoms with E-state index in [1.54, 1.807) is 20.4 Å². The summed E-state index contributed by atoms with van der Waals surface area (Å²) in [6.07, 6.45) is 4.05.